The van der Waals surface area contributed by atoms with Gasteiger partial charge in [0.05, 0.1) is 18.8 Å². The van der Waals surface area contributed by atoms with Crippen LogP contribution in [0.1, 0.15) is 32.7 Å². The minimum Gasteiger partial charge on any atom is -0.346 e. The van der Waals surface area contributed by atoms with Crippen LogP contribution in [0.3, 0.4) is 0 Å². The van der Waals surface area contributed by atoms with E-state index in [0.29, 0.717) is 13.2 Å². The molecule has 1 aromatic carbocycles. The molecule has 0 radical (unpaired) electrons. The molecule has 1 aromatic heterocycles. The topological polar surface area (TPSA) is 35.5 Å². The Labute approximate surface area is 140 Å². The number of ether oxygens (including phenoxy) is 2. The van der Waals surface area contributed by atoms with Gasteiger partial charge in [0.2, 0.25) is 0 Å². The van der Waals surface area contributed by atoms with Crippen LogP contribution >= 0.6 is 11.3 Å². The third kappa shape index (κ3) is 3.75. The van der Waals surface area contributed by atoms with Crippen molar-refractivity contribution in [2.24, 2.45) is 0 Å². The Hall–Kier alpha value is -1.96. The molecule has 2 aromatic rings. The predicted octanol–water partition coefficient (Wildman–Crippen LogP) is 4.71. The highest BCUT2D eigenvalue weighted by Crippen LogP contribution is 2.31. The fourth-order valence-corrected chi connectivity index (χ4v) is 3.10. The van der Waals surface area contributed by atoms with E-state index in [9.17, 15) is 18.0 Å². The molecule has 0 saturated carbocycles. The Morgan fingerprint density at radius 1 is 1.21 bits per heavy atom. The van der Waals surface area contributed by atoms with Crippen LogP contribution in [0.2, 0.25) is 0 Å². The largest absolute Gasteiger partial charge is 0.416 e. The molecule has 126 valence electrons. The van der Waals surface area contributed by atoms with Crippen molar-refractivity contribution in [3.05, 3.63) is 63.4 Å². The van der Waals surface area contributed by atoms with Crippen molar-refractivity contribution in [1.82, 2.24) is 0 Å². The van der Waals surface area contributed by atoms with E-state index in [1.165, 1.54) is 29.5 Å². The van der Waals surface area contributed by atoms with Crippen LogP contribution in [-0.4, -0.2) is 19.0 Å². The Kier molecular flexibility index (Phi) is 4.84. The van der Waals surface area contributed by atoms with Crippen molar-refractivity contribution >= 4 is 23.2 Å². The molecular formula is C17H13F3O3S. The summed E-state index contributed by atoms with van der Waals surface area (Å²) >= 11 is 1.40. The Balaban J connectivity index is 1.78. The van der Waals surface area contributed by atoms with Gasteiger partial charge in [-0.15, -0.1) is 11.3 Å². The Morgan fingerprint density at radius 3 is 2.67 bits per heavy atom. The average molecular weight is 354 g/mol. The number of benzene rings is 1. The average Bonchev–Trinajstić information content (AvgIpc) is 3.22. The van der Waals surface area contributed by atoms with E-state index in [1.54, 1.807) is 6.08 Å². The normalized spacial score (nSPS) is 16.1. The summed E-state index contributed by atoms with van der Waals surface area (Å²) in [6, 6.07) is 6.22. The zero-order chi connectivity index (χ0) is 17.2. The Bertz CT molecular complexity index is 758. The molecule has 1 aliphatic heterocycles. The van der Waals surface area contributed by atoms with E-state index in [0.717, 1.165) is 22.6 Å². The van der Waals surface area contributed by atoms with Gasteiger partial charge in [-0.25, -0.2) is 0 Å². The molecule has 3 rings (SSSR count). The monoisotopic (exact) mass is 354 g/mol. The van der Waals surface area contributed by atoms with Crippen molar-refractivity contribution in [3.8, 4) is 0 Å². The lowest BCUT2D eigenvalue weighted by molar-refractivity contribution is -0.137. The molecule has 24 heavy (non-hydrogen) atoms. The first-order valence-electron chi connectivity index (χ1n) is 7.15. The van der Waals surface area contributed by atoms with E-state index in [2.05, 4.69) is 0 Å². The molecule has 0 unspecified atom stereocenters. The van der Waals surface area contributed by atoms with Gasteiger partial charge >= 0.3 is 6.18 Å². The molecule has 0 bridgehead atoms. The van der Waals surface area contributed by atoms with E-state index in [1.807, 2.05) is 11.4 Å². The molecule has 1 fully saturated rings. The summed E-state index contributed by atoms with van der Waals surface area (Å²) in [5, 5.41) is 1.84. The van der Waals surface area contributed by atoms with E-state index in [-0.39, 0.29) is 5.56 Å². The van der Waals surface area contributed by atoms with Gasteiger partial charge in [0, 0.05) is 16.0 Å². The van der Waals surface area contributed by atoms with E-state index >= 15 is 0 Å². The van der Waals surface area contributed by atoms with Gasteiger partial charge < -0.3 is 9.47 Å². The molecule has 1 saturated heterocycles. The number of carbonyl (C=O) groups is 1. The van der Waals surface area contributed by atoms with Crippen molar-refractivity contribution in [2.75, 3.05) is 13.2 Å². The highest BCUT2D eigenvalue weighted by atomic mass is 32.1. The fraction of sp³-hybridized carbons (Fsp3) is 0.235. The summed E-state index contributed by atoms with van der Waals surface area (Å²) in [6.07, 6.45) is -2.09. The maximum atomic E-state index is 12.7. The minimum absolute atomic E-state index is 0.00690. The molecule has 0 amide bonds. The van der Waals surface area contributed by atoms with Gasteiger partial charge in [-0.2, -0.15) is 13.2 Å². The number of hydrogen-bond acceptors (Lipinski definition) is 4. The van der Waals surface area contributed by atoms with E-state index in [4.69, 9.17) is 9.47 Å². The highest BCUT2D eigenvalue weighted by molar-refractivity contribution is 7.11. The molecular weight excluding hydrogens is 341 g/mol. The zero-order valence-electron chi connectivity index (χ0n) is 12.4. The second-order valence-corrected chi connectivity index (χ2v) is 6.04. The Morgan fingerprint density at radius 2 is 1.96 bits per heavy atom. The number of hydrogen-bond donors (Lipinski definition) is 0. The summed E-state index contributed by atoms with van der Waals surface area (Å²) in [5.74, 6) is -0.492. The quantitative estimate of drug-likeness (QED) is 0.589. The van der Waals surface area contributed by atoms with Gasteiger partial charge in [-0.05, 0) is 35.7 Å². The third-order valence-corrected chi connectivity index (χ3v) is 4.36. The van der Waals surface area contributed by atoms with Crippen LogP contribution in [0.25, 0.3) is 6.08 Å². The number of allylic oxidation sites excluding steroid dienone is 1. The predicted molar refractivity (Wildman–Crippen MR) is 83.8 cm³/mol. The summed E-state index contributed by atoms with van der Waals surface area (Å²) in [5.41, 5.74) is -0.0375. The lowest BCUT2D eigenvalue weighted by Gasteiger charge is -2.08. The molecule has 0 spiro atoms. The van der Waals surface area contributed by atoms with E-state index < -0.39 is 23.8 Å². The van der Waals surface area contributed by atoms with Gasteiger partial charge in [0.1, 0.15) is 0 Å². The van der Waals surface area contributed by atoms with Crippen LogP contribution in [-0.2, 0) is 15.7 Å². The molecule has 7 heteroatoms. The summed E-state index contributed by atoms with van der Waals surface area (Å²) in [6.45, 7) is 1.01. The number of alkyl halides is 3. The zero-order valence-corrected chi connectivity index (χ0v) is 13.2. The van der Waals surface area contributed by atoms with Crippen LogP contribution in [0.15, 0.2) is 41.8 Å². The van der Waals surface area contributed by atoms with Gasteiger partial charge in [-0.3, -0.25) is 4.79 Å². The maximum Gasteiger partial charge on any atom is 0.416 e. The minimum atomic E-state index is -4.47. The molecule has 0 atom stereocenters. The van der Waals surface area contributed by atoms with Crippen LogP contribution in [0.5, 0.6) is 0 Å². The molecule has 0 N–H and O–H groups in total. The van der Waals surface area contributed by atoms with Crippen LogP contribution in [0.4, 0.5) is 13.2 Å². The van der Waals surface area contributed by atoms with Crippen LogP contribution in [0, 0.1) is 0 Å². The maximum absolute atomic E-state index is 12.7. The molecule has 3 nitrogen and oxygen atoms in total. The third-order valence-electron chi connectivity index (χ3n) is 3.46. The van der Waals surface area contributed by atoms with Crippen LogP contribution < -0.4 is 0 Å². The lowest BCUT2D eigenvalue weighted by atomic mass is 10.1. The number of ketones is 1. The van der Waals surface area contributed by atoms with Crippen molar-refractivity contribution < 1.29 is 27.4 Å². The molecule has 2 heterocycles. The summed E-state index contributed by atoms with van der Waals surface area (Å²) in [7, 11) is 0. The first kappa shape index (κ1) is 16.9. The number of halogens is 3. The number of rotatable bonds is 4. The van der Waals surface area contributed by atoms with Crippen molar-refractivity contribution in [1.29, 1.82) is 0 Å². The standard InChI is InChI=1S/C17H13F3O3S/c18-17(19,20)12-3-1-2-11(10-12)14(21)4-5-15-13(6-9-24-15)16-22-7-8-23-16/h1-6,9-10,16H,7-8H2/b5-4-. The lowest BCUT2D eigenvalue weighted by Crippen LogP contribution is -2.06. The number of thiophene rings is 1. The van der Waals surface area contributed by atoms with Crippen molar-refractivity contribution in [3.63, 3.8) is 0 Å². The summed E-state index contributed by atoms with van der Waals surface area (Å²) in [4.78, 5) is 12.9. The first-order valence-corrected chi connectivity index (χ1v) is 8.03. The molecule has 0 aliphatic carbocycles. The molecule has 1 aliphatic rings. The highest BCUT2D eigenvalue weighted by Gasteiger charge is 2.30. The summed E-state index contributed by atoms with van der Waals surface area (Å²) < 4.78 is 49.0. The van der Waals surface area contributed by atoms with Gasteiger partial charge in [0.15, 0.2) is 12.1 Å². The van der Waals surface area contributed by atoms with Gasteiger partial charge in [0.25, 0.3) is 0 Å². The van der Waals surface area contributed by atoms with Gasteiger partial charge in [-0.1, -0.05) is 12.1 Å². The number of carbonyl (C=O) groups excluding carboxylic acids is 1. The fourth-order valence-electron chi connectivity index (χ4n) is 2.30. The smallest absolute Gasteiger partial charge is 0.346 e. The second kappa shape index (κ2) is 6.88. The van der Waals surface area contributed by atoms with Crippen molar-refractivity contribution in [2.45, 2.75) is 12.5 Å². The SMILES string of the molecule is O=C(/C=C\c1sccc1C1OCCO1)c1cccc(C(F)(F)F)c1. The second-order valence-electron chi connectivity index (χ2n) is 5.09. The first-order chi connectivity index (χ1) is 11.4.